The van der Waals surface area contributed by atoms with Gasteiger partial charge in [0, 0.05) is 17.1 Å². The first-order chi connectivity index (χ1) is 8.35. The lowest BCUT2D eigenvalue weighted by atomic mass is 10.2. The maximum atomic E-state index is 12.1. The maximum absolute atomic E-state index is 12.1. The van der Waals surface area contributed by atoms with Crippen LogP contribution < -0.4 is 0 Å². The van der Waals surface area contributed by atoms with E-state index in [4.69, 9.17) is 5.11 Å². The molecule has 0 aliphatic rings. The molecule has 2 aromatic heterocycles. The van der Waals surface area contributed by atoms with Crippen LogP contribution >= 0.6 is 11.3 Å². The van der Waals surface area contributed by atoms with Crippen molar-refractivity contribution in [1.29, 1.82) is 0 Å². The number of nitrogens with zero attached hydrogens (tertiary/aromatic N) is 1. The number of aromatic amines is 1. The van der Waals surface area contributed by atoms with Gasteiger partial charge in [-0.25, -0.2) is 9.78 Å². The number of nitrogens with one attached hydrogen (secondary N) is 1. The van der Waals surface area contributed by atoms with Crippen molar-refractivity contribution in [3.8, 4) is 11.3 Å². The lowest BCUT2D eigenvalue weighted by Gasteiger charge is -2.01. The Morgan fingerprint density at radius 1 is 1.50 bits per heavy atom. The van der Waals surface area contributed by atoms with E-state index >= 15 is 0 Å². The Balaban J connectivity index is 2.21. The van der Waals surface area contributed by atoms with Crippen LogP contribution in [0.2, 0.25) is 0 Å². The molecule has 2 heterocycles. The first-order valence-corrected chi connectivity index (χ1v) is 5.66. The quantitative estimate of drug-likeness (QED) is 0.905. The van der Waals surface area contributed by atoms with Crippen molar-refractivity contribution >= 4 is 17.3 Å². The van der Waals surface area contributed by atoms with E-state index in [1.165, 1.54) is 17.6 Å². The second kappa shape index (κ2) is 4.45. The number of rotatable bonds is 3. The Hall–Kier alpha value is -1.83. The predicted molar refractivity (Wildman–Crippen MR) is 58.6 cm³/mol. The standard InChI is InChI=1S/C10H7F3N2O2S/c11-10(12,13)2-8-15-7(4-18-8)5-1-6(9(16)17)14-3-5/h1,3-4,14H,2H2,(H,16,17). The molecule has 0 bridgehead atoms. The van der Waals surface area contributed by atoms with E-state index in [0.29, 0.717) is 11.3 Å². The fraction of sp³-hybridized carbons (Fsp3) is 0.200. The number of H-pyrrole nitrogens is 1. The number of hydrogen-bond donors (Lipinski definition) is 2. The van der Waals surface area contributed by atoms with Gasteiger partial charge in [0.05, 0.1) is 12.1 Å². The molecule has 0 amide bonds. The number of carboxylic acids is 1. The fourth-order valence-electron chi connectivity index (χ4n) is 1.36. The molecule has 2 rings (SSSR count). The van der Waals surface area contributed by atoms with Crippen LogP contribution in [0.5, 0.6) is 0 Å². The van der Waals surface area contributed by atoms with Gasteiger partial charge in [0.15, 0.2) is 0 Å². The molecule has 8 heteroatoms. The van der Waals surface area contributed by atoms with Crippen molar-refractivity contribution in [3.05, 3.63) is 28.3 Å². The summed E-state index contributed by atoms with van der Waals surface area (Å²) in [7, 11) is 0. The molecule has 0 aromatic carbocycles. The molecule has 4 nitrogen and oxygen atoms in total. The molecule has 0 aliphatic heterocycles. The average molecular weight is 276 g/mol. The summed E-state index contributed by atoms with van der Waals surface area (Å²) < 4.78 is 36.4. The zero-order valence-corrected chi connectivity index (χ0v) is 9.60. The number of alkyl halides is 3. The zero-order chi connectivity index (χ0) is 13.3. The number of hydrogen-bond acceptors (Lipinski definition) is 3. The fourth-order valence-corrected chi connectivity index (χ4v) is 2.20. The molecule has 0 fully saturated rings. The number of carboxylic acid groups (broad SMARTS) is 1. The number of thiazole rings is 1. The Morgan fingerprint density at radius 2 is 2.22 bits per heavy atom. The molecule has 18 heavy (non-hydrogen) atoms. The van der Waals surface area contributed by atoms with Gasteiger partial charge in [-0.15, -0.1) is 11.3 Å². The number of aromatic carboxylic acids is 1. The zero-order valence-electron chi connectivity index (χ0n) is 8.78. The van der Waals surface area contributed by atoms with Crippen LogP contribution in [0.25, 0.3) is 11.3 Å². The smallest absolute Gasteiger partial charge is 0.395 e. The molecule has 2 N–H and O–H groups in total. The molecule has 0 radical (unpaired) electrons. The predicted octanol–water partition coefficient (Wildman–Crippen LogP) is 2.94. The number of carbonyl (C=O) groups is 1. The summed E-state index contributed by atoms with van der Waals surface area (Å²) in [6.07, 6.45) is -3.97. The van der Waals surface area contributed by atoms with Gasteiger partial charge in [-0.3, -0.25) is 0 Å². The third-order valence-corrected chi connectivity index (χ3v) is 2.96. The topological polar surface area (TPSA) is 66.0 Å². The maximum Gasteiger partial charge on any atom is 0.395 e. The van der Waals surface area contributed by atoms with E-state index in [0.717, 1.165) is 11.3 Å². The van der Waals surface area contributed by atoms with Crippen molar-refractivity contribution in [2.24, 2.45) is 0 Å². The van der Waals surface area contributed by atoms with Gasteiger partial charge in [-0.05, 0) is 6.07 Å². The molecule has 0 spiro atoms. The van der Waals surface area contributed by atoms with Crippen LogP contribution in [0.3, 0.4) is 0 Å². The van der Waals surface area contributed by atoms with Gasteiger partial charge in [0.2, 0.25) is 0 Å². The molecule has 2 aromatic rings. The van der Waals surface area contributed by atoms with Crippen LogP contribution in [0.4, 0.5) is 13.2 Å². The minimum atomic E-state index is -4.29. The van der Waals surface area contributed by atoms with E-state index in [1.807, 2.05) is 0 Å². The van der Waals surface area contributed by atoms with Crippen molar-refractivity contribution in [2.75, 3.05) is 0 Å². The summed E-state index contributed by atoms with van der Waals surface area (Å²) in [5.74, 6) is -1.13. The van der Waals surface area contributed by atoms with Gasteiger partial charge >= 0.3 is 12.1 Å². The summed E-state index contributed by atoms with van der Waals surface area (Å²) in [4.78, 5) is 17.0. The summed E-state index contributed by atoms with van der Waals surface area (Å²) in [6, 6.07) is 1.33. The van der Waals surface area contributed by atoms with Gasteiger partial charge < -0.3 is 10.1 Å². The SMILES string of the molecule is O=C(O)c1cc(-c2csc(CC(F)(F)F)n2)c[nH]1. The van der Waals surface area contributed by atoms with Gasteiger partial charge in [0.25, 0.3) is 0 Å². The minimum Gasteiger partial charge on any atom is -0.477 e. The lowest BCUT2D eigenvalue weighted by molar-refractivity contribution is -0.127. The highest BCUT2D eigenvalue weighted by molar-refractivity contribution is 7.09. The van der Waals surface area contributed by atoms with Crippen molar-refractivity contribution in [1.82, 2.24) is 9.97 Å². The average Bonchev–Trinajstić information content (AvgIpc) is 2.81. The normalized spacial score (nSPS) is 11.7. The molecular formula is C10H7F3N2O2S. The second-order valence-corrected chi connectivity index (χ2v) is 4.47. The Labute approximate surface area is 103 Å². The first kappa shape index (κ1) is 12.6. The Bertz CT molecular complexity index is 574. The Kier molecular flexibility index (Phi) is 3.12. The number of halogens is 3. The first-order valence-electron chi connectivity index (χ1n) is 4.78. The molecule has 96 valence electrons. The summed E-state index contributed by atoms with van der Waals surface area (Å²) in [6.45, 7) is 0. The van der Waals surface area contributed by atoms with Crippen LogP contribution in [0.15, 0.2) is 17.6 Å². The molecule has 0 atom stereocenters. The highest BCUT2D eigenvalue weighted by Crippen LogP contribution is 2.27. The number of aromatic nitrogens is 2. The van der Waals surface area contributed by atoms with Crippen LogP contribution in [0.1, 0.15) is 15.5 Å². The van der Waals surface area contributed by atoms with Gasteiger partial charge in [-0.2, -0.15) is 13.2 Å². The molecule has 0 unspecified atom stereocenters. The van der Waals surface area contributed by atoms with Crippen molar-refractivity contribution < 1.29 is 23.1 Å². The highest BCUT2D eigenvalue weighted by atomic mass is 32.1. The molecule has 0 saturated heterocycles. The van der Waals surface area contributed by atoms with E-state index in [1.54, 1.807) is 0 Å². The third-order valence-electron chi connectivity index (χ3n) is 2.11. The van der Waals surface area contributed by atoms with Crippen molar-refractivity contribution in [2.45, 2.75) is 12.6 Å². The summed E-state index contributed by atoms with van der Waals surface area (Å²) >= 11 is 0.896. The molecular weight excluding hydrogens is 269 g/mol. The van der Waals surface area contributed by atoms with E-state index in [9.17, 15) is 18.0 Å². The van der Waals surface area contributed by atoms with Crippen LogP contribution in [-0.4, -0.2) is 27.2 Å². The summed E-state index contributed by atoms with van der Waals surface area (Å²) in [5, 5.41) is 10.1. The molecule has 0 aliphatic carbocycles. The summed E-state index contributed by atoms with van der Waals surface area (Å²) in [5.41, 5.74) is 0.760. The van der Waals surface area contributed by atoms with Crippen LogP contribution in [0, 0.1) is 0 Å². The Morgan fingerprint density at radius 3 is 2.78 bits per heavy atom. The minimum absolute atomic E-state index is 0.0321. The lowest BCUT2D eigenvalue weighted by Crippen LogP contribution is -2.11. The second-order valence-electron chi connectivity index (χ2n) is 3.53. The van der Waals surface area contributed by atoms with E-state index < -0.39 is 18.6 Å². The van der Waals surface area contributed by atoms with E-state index in [2.05, 4.69) is 9.97 Å². The van der Waals surface area contributed by atoms with Crippen LogP contribution in [-0.2, 0) is 6.42 Å². The van der Waals surface area contributed by atoms with Crippen molar-refractivity contribution in [3.63, 3.8) is 0 Å². The largest absolute Gasteiger partial charge is 0.477 e. The molecule has 0 saturated carbocycles. The highest BCUT2D eigenvalue weighted by Gasteiger charge is 2.29. The monoisotopic (exact) mass is 276 g/mol. The third kappa shape index (κ3) is 2.89. The van der Waals surface area contributed by atoms with Gasteiger partial charge in [-0.1, -0.05) is 0 Å². The van der Waals surface area contributed by atoms with E-state index in [-0.39, 0.29) is 10.7 Å². The van der Waals surface area contributed by atoms with Gasteiger partial charge in [0.1, 0.15) is 10.7 Å².